The Morgan fingerprint density at radius 3 is 2.42 bits per heavy atom. The van der Waals surface area contributed by atoms with Gasteiger partial charge in [-0.3, -0.25) is 4.79 Å². The van der Waals surface area contributed by atoms with Crippen molar-refractivity contribution in [2.24, 2.45) is 5.92 Å². The fourth-order valence-electron chi connectivity index (χ4n) is 2.13. The number of esters is 1. The van der Waals surface area contributed by atoms with Crippen LogP contribution in [0.4, 0.5) is 0 Å². The van der Waals surface area contributed by atoms with Crippen molar-refractivity contribution in [1.82, 2.24) is 5.32 Å². The number of aliphatic hydroxyl groups is 2. The second-order valence-corrected chi connectivity index (χ2v) is 5.93. The maximum Gasteiger partial charge on any atom is 0.312 e. The van der Waals surface area contributed by atoms with Crippen LogP contribution in [0, 0.1) is 5.92 Å². The topological polar surface area (TPSA) is 88.0 Å². The van der Waals surface area contributed by atoms with Crippen molar-refractivity contribution in [2.75, 3.05) is 20.3 Å². The SMILES string of the molecule is CC.CC(C)(O)O.COC(=O)C1C=CC(OCC2CCCN2)=CC1. The van der Waals surface area contributed by atoms with Crippen LogP contribution < -0.4 is 5.32 Å². The lowest BCUT2D eigenvalue weighted by Gasteiger charge is -2.17. The highest BCUT2D eigenvalue weighted by molar-refractivity contribution is 5.75. The van der Waals surface area contributed by atoms with E-state index in [1.165, 1.54) is 33.8 Å². The van der Waals surface area contributed by atoms with Crippen molar-refractivity contribution < 1.29 is 24.5 Å². The quantitative estimate of drug-likeness (QED) is 0.535. The Hall–Kier alpha value is -1.37. The Labute approximate surface area is 145 Å². The van der Waals surface area contributed by atoms with E-state index in [0.717, 1.165) is 12.3 Å². The van der Waals surface area contributed by atoms with Crippen molar-refractivity contribution in [3.8, 4) is 0 Å². The fourth-order valence-corrected chi connectivity index (χ4v) is 2.13. The minimum atomic E-state index is -1.50. The highest BCUT2D eigenvalue weighted by Crippen LogP contribution is 2.19. The predicted octanol–water partition coefficient (Wildman–Crippen LogP) is 2.12. The number of hydrogen-bond acceptors (Lipinski definition) is 6. The Kier molecular flexibility index (Phi) is 11.4. The van der Waals surface area contributed by atoms with Crippen LogP contribution in [-0.2, 0) is 14.3 Å². The molecule has 0 aromatic rings. The number of nitrogens with one attached hydrogen (secondary N) is 1. The number of ether oxygens (including phenoxy) is 2. The molecule has 0 aromatic carbocycles. The molecule has 2 atom stereocenters. The summed E-state index contributed by atoms with van der Waals surface area (Å²) >= 11 is 0. The van der Waals surface area contributed by atoms with E-state index < -0.39 is 5.79 Å². The monoisotopic (exact) mass is 343 g/mol. The third kappa shape index (κ3) is 11.2. The average Bonchev–Trinajstić information content (AvgIpc) is 3.06. The zero-order valence-corrected chi connectivity index (χ0v) is 15.5. The van der Waals surface area contributed by atoms with Crippen LogP contribution in [0.5, 0.6) is 0 Å². The predicted molar refractivity (Wildman–Crippen MR) is 94.2 cm³/mol. The molecule has 2 aliphatic rings. The molecule has 1 fully saturated rings. The van der Waals surface area contributed by atoms with Crippen LogP contribution in [0.25, 0.3) is 0 Å². The van der Waals surface area contributed by atoms with Crippen molar-refractivity contribution in [3.63, 3.8) is 0 Å². The molecule has 0 saturated carbocycles. The molecule has 0 spiro atoms. The lowest BCUT2D eigenvalue weighted by Crippen LogP contribution is -2.26. The first-order chi connectivity index (χ1) is 11.3. The number of carbonyl (C=O) groups excluding carboxylic acids is 1. The summed E-state index contributed by atoms with van der Waals surface area (Å²) in [6.45, 7) is 8.40. The lowest BCUT2D eigenvalue weighted by molar-refractivity contribution is -0.143. The lowest BCUT2D eigenvalue weighted by atomic mass is 10.0. The van der Waals surface area contributed by atoms with Crippen molar-refractivity contribution >= 4 is 5.97 Å². The highest BCUT2D eigenvalue weighted by atomic mass is 16.5. The third-order valence-corrected chi connectivity index (χ3v) is 3.18. The normalized spacial score (nSPS) is 22.4. The summed E-state index contributed by atoms with van der Waals surface area (Å²) in [5, 5.41) is 19.5. The zero-order valence-electron chi connectivity index (χ0n) is 15.5. The van der Waals surface area contributed by atoms with Crippen LogP contribution in [-0.4, -0.2) is 48.3 Å². The van der Waals surface area contributed by atoms with Gasteiger partial charge < -0.3 is 25.0 Å². The average molecular weight is 343 g/mol. The molecule has 0 radical (unpaired) electrons. The van der Waals surface area contributed by atoms with E-state index in [1.807, 2.05) is 32.1 Å². The summed E-state index contributed by atoms with van der Waals surface area (Å²) < 4.78 is 10.4. The molecular weight excluding hydrogens is 310 g/mol. The zero-order chi connectivity index (χ0) is 18.6. The van der Waals surface area contributed by atoms with E-state index in [1.54, 1.807) is 0 Å². The van der Waals surface area contributed by atoms with Crippen molar-refractivity contribution in [2.45, 2.75) is 58.8 Å². The van der Waals surface area contributed by atoms with Gasteiger partial charge in [0.2, 0.25) is 0 Å². The van der Waals surface area contributed by atoms with Gasteiger partial charge in [-0.15, -0.1) is 0 Å². The first-order valence-corrected chi connectivity index (χ1v) is 8.56. The second-order valence-electron chi connectivity index (χ2n) is 5.93. The van der Waals surface area contributed by atoms with Crippen LogP contribution in [0.15, 0.2) is 24.0 Å². The molecule has 0 amide bonds. The molecule has 140 valence electrons. The minimum absolute atomic E-state index is 0.156. The van der Waals surface area contributed by atoms with Gasteiger partial charge in [0.25, 0.3) is 0 Å². The third-order valence-electron chi connectivity index (χ3n) is 3.18. The highest BCUT2D eigenvalue weighted by Gasteiger charge is 2.19. The van der Waals surface area contributed by atoms with Gasteiger partial charge in [-0.2, -0.15) is 0 Å². The molecule has 0 aromatic heterocycles. The Balaban J connectivity index is 0.000000650. The fraction of sp³-hybridized carbons (Fsp3) is 0.722. The number of allylic oxidation sites excluding steroid dienone is 2. The van der Waals surface area contributed by atoms with Gasteiger partial charge in [0, 0.05) is 6.04 Å². The summed E-state index contributed by atoms with van der Waals surface area (Å²) in [7, 11) is 1.41. The molecule has 1 saturated heterocycles. The molecule has 2 unspecified atom stereocenters. The Bertz CT molecular complexity index is 400. The molecule has 6 nitrogen and oxygen atoms in total. The second kappa shape index (κ2) is 12.1. The van der Waals surface area contributed by atoms with E-state index >= 15 is 0 Å². The summed E-state index contributed by atoms with van der Waals surface area (Å²) in [6.07, 6.45) is 8.74. The van der Waals surface area contributed by atoms with E-state index in [0.29, 0.717) is 19.1 Å². The molecule has 2 rings (SSSR count). The molecule has 1 aliphatic heterocycles. The summed E-state index contributed by atoms with van der Waals surface area (Å²) in [5.41, 5.74) is 0. The van der Waals surface area contributed by atoms with Crippen LogP contribution in [0.2, 0.25) is 0 Å². The van der Waals surface area contributed by atoms with Crippen LogP contribution in [0.1, 0.15) is 47.0 Å². The van der Waals surface area contributed by atoms with Crippen LogP contribution >= 0.6 is 0 Å². The maximum absolute atomic E-state index is 11.3. The summed E-state index contributed by atoms with van der Waals surface area (Å²) in [6, 6.07) is 0.475. The molecule has 0 bridgehead atoms. The van der Waals surface area contributed by atoms with E-state index in [4.69, 9.17) is 19.7 Å². The van der Waals surface area contributed by atoms with Crippen molar-refractivity contribution in [1.29, 1.82) is 0 Å². The van der Waals surface area contributed by atoms with Gasteiger partial charge >= 0.3 is 5.97 Å². The van der Waals surface area contributed by atoms with Gasteiger partial charge in [-0.25, -0.2) is 0 Å². The number of carbonyl (C=O) groups is 1. The van der Waals surface area contributed by atoms with E-state index in [-0.39, 0.29) is 11.9 Å². The van der Waals surface area contributed by atoms with Gasteiger partial charge in [0.15, 0.2) is 5.79 Å². The number of hydrogen-bond donors (Lipinski definition) is 3. The molecule has 6 heteroatoms. The van der Waals surface area contributed by atoms with Gasteiger partial charge in [0.1, 0.15) is 12.4 Å². The molecule has 24 heavy (non-hydrogen) atoms. The molecule has 1 heterocycles. The summed E-state index contributed by atoms with van der Waals surface area (Å²) in [5.74, 6) is -0.982. The summed E-state index contributed by atoms with van der Waals surface area (Å²) in [4.78, 5) is 11.3. The Morgan fingerprint density at radius 1 is 1.38 bits per heavy atom. The standard InChI is InChI=1S/C13H19NO3.C3H8O2.C2H6/c1-16-13(15)10-4-6-12(7-5-10)17-9-11-3-2-8-14-11;1-3(2,4)5;1-2/h4,6-7,10-11,14H,2-3,5,8-9H2,1H3;4-5H,1-2H3;1-2H3. The van der Waals surface area contributed by atoms with Gasteiger partial charge in [0.05, 0.1) is 13.0 Å². The Morgan fingerprint density at radius 2 is 2.00 bits per heavy atom. The van der Waals surface area contributed by atoms with E-state index in [2.05, 4.69) is 5.32 Å². The largest absolute Gasteiger partial charge is 0.492 e. The molecule has 1 aliphatic carbocycles. The number of methoxy groups -OCH3 is 1. The van der Waals surface area contributed by atoms with Crippen LogP contribution in [0.3, 0.4) is 0 Å². The molecular formula is C18H33NO5. The first kappa shape index (κ1) is 22.6. The van der Waals surface area contributed by atoms with Gasteiger partial charge in [-0.1, -0.05) is 19.9 Å². The molecule has 3 N–H and O–H groups in total. The minimum Gasteiger partial charge on any atom is -0.492 e. The van der Waals surface area contributed by atoms with E-state index in [9.17, 15) is 4.79 Å². The first-order valence-electron chi connectivity index (χ1n) is 8.56. The maximum atomic E-state index is 11.3. The number of rotatable bonds is 4. The van der Waals surface area contributed by atoms with Crippen molar-refractivity contribution in [3.05, 3.63) is 24.0 Å². The smallest absolute Gasteiger partial charge is 0.312 e. The van der Waals surface area contributed by atoms with Gasteiger partial charge in [-0.05, 0) is 51.8 Å².